The molecule has 0 bridgehead atoms. The topological polar surface area (TPSA) is 69.2 Å². The molecule has 0 fully saturated rings. The number of nitrogens with one attached hydrogen (secondary N) is 1. The lowest BCUT2D eigenvalue weighted by molar-refractivity contribution is 0.0954. The summed E-state index contributed by atoms with van der Waals surface area (Å²) >= 11 is 0. The molecule has 0 saturated carbocycles. The number of nitrogens with zero attached hydrogens (tertiary/aromatic N) is 1. The molecule has 22 heavy (non-hydrogen) atoms. The van der Waals surface area contributed by atoms with Gasteiger partial charge in [0.15, 0.2) is 11.5 Å². The van der Waals surface area contributed by atoms with Gasteiger partial charge in [-0.05, 0) is 48.0 Å². The molecule has 1 amide bonds. The van der Waals surface area contributed by atoms with Gasteiger partial charge in [-0.2, -0.15) is 5.10 Å². The molecule has 6 nitrogen and oxygen atoms in total. The van der Waals surface area contributed by atoms with Crippen LogP contribution in [0.15, 0.2) is 47.6 Å². The number of amides is 1. The fraction of sp³-hybridized carbons (Fsp3) is 0.125. The molecule has 0 saturated heterocycles. The maximum absolute atomic E-state index is 12.0. The Bertz CT molecular complexity index is 711. The Morgan fingerprint density at radius 2 is 1.95 bits per heavy atom. The minimum Gasteiger partial charge on any atom is -0.497 e. The van der Waals surface area contributed by atoms with E-state index < -0.39 is 0 Å². The van der Waals surface area contributed by atoms with Crippen molar-refractivity contribution in [1.29, 1.82) is 0 Å². The van der Waals surface area contributed by atoms with E-state index in [-0.39, 0.29) is 12.7 Å². The molecule has 3 rings (SSSR count). The largest absolute Gasteiger partial charge is 0.497 e. The number of carbonyl (C=O) groups excluding carboxylic acids is 1. The predicted octanol–water partition coefficient (Wildman–Crippen LogP) is 2.19. The third kappa shape index (κ3) is 3.01. The van der Waals surface area contributed by atoms with Crippen LogP contribution in [-0.2, 0) is 0 Å². The molecule has 2 aromatic rings. The van der Waals surface area contributed by atoms with Gasteiger partial charge in [0.2, 0.25) is 6.79 Å². The third-order valence-electron chi connectivity index (χ3n) is 3.13. The van der Waals surface area contributed by atoms with Crippen molar-refractivity contribution in [2.75, 3.05) is 13.9 Å². The quantitative estimate of drug-likeness (QED) is 0.694. The average molecular weight is 298 g/mol. The average Bonchev–Trinajstić information content (AvgIpc) is 3.03. The van der Waals surface area contributed by atoms with Gasteiger partial charge in [-0.25, -0.2) is 5.43 Å². The molecule has 0 aliphatic carbocycles. The number of carbonyl (C=O) groups is 1. The molecule has 2 aromatic carbocycles. The highest BCUT2D eigenvalue weighted by molar-refractivity contribution is 5.95. The van der Waals surface area contributed by atoms with E-state index in [2.05, 4.69) is 10.5 Å². The lowest BCUT2D eigenvalue weighted by Crippen LogP contribution is -2.17. The van der Waals surface area contributed by atoms with Crippen molar-refractivity contribution in [3.63, 3.8) is 0 Å². The van der Waals surface area contributed by atoms with Gasteiger partial charge in [-0.15, -0.1) is 0 Å². The van der Waals surface area contributed by atoms with Crippen molar-refractivity contribution >= 4 is 12.1 Å². The molecular weight excluding hydrogens is 284 g/mol. The molecule has 1 heterocycles. The molecule has 0 unspecified atom stereocenters. The van der Waals surface area contributed by atoms with Crippen molar-refractivity contribution in [1.82, 2.24) is 5.43 Å². The maximum atomic E-state index is 12.0. The van der Waals surface area contributed by atoms with Crippen molar-refractivity contribution in [3.8, 4) is 17.2 Å². The van der Waals surface area contributed by atoms with E-state index in [4.69, 9.17) is 14.2 Å². The molecule has 0 aromatic heterocycles. The number of hydrazone groups is 1. The van der Waals surface area contributed by atoms with Crippen LogP contribution in [0, 0.1) is 0 Å². The van der Waals surface area contributed by atoms with Crippen LogP contribution in [0.1, 0.15) is 15.9 Å². The monoisotopic (exact) mass is 298 g/mol. The van der Waals surface area contributed by atoms with E-state index >= 15 is 0 Å². The molecule has 0 spiro atoms. The highest BCUT2D eigenvalue weighted by atomic mass is 16.7. The van der Waals surface area contributed by atoms with Crippen LogP contribution >= 0.6 is 0 Å². The standard InChI is InChI=1S/C16H14N2O4/c1-20-13-5-2-11(3-6-13)9-17-18-16(19)12-4-7-14-15(8-12)22-10-21-14/h2-9H,10H2,1H3,(H,18,19)/b17-9-. The predicted molar refractivity (Wildman–Crippen MR) is 80.6 cm³/mol. The second-order valence-electron chi connectivity index (χ2n) is 4.54. The van der Waals surface area contributed by atoms with Crippen molar-refractivity contribution in [3.05, 3.63) is 53.6 Å². The number of hydrogen-bond donors (Lipinski definition) is 1. The van der Waals surface area contributed by atoms with E-state index in [0.717, 1.165) is 11.3 Å². The molecule has 1 aliphatic rings. The Labute approximate surface area is 127 Å². The van der Waals surface area contributed by atoms with E-state index in [1.807, 2.05) is 24.3 Å². The van der Waals surface area contributed by atoms with Crippen LogP contribution in [-0.4, -0.2) is 26.0 Å². The summed E-state index contributed by atoms with van der Waals surface area (Å²) < 4.78 is 15.5. The molecule has 1 N–H and O–H groups in total. The Morgan fingerprint density at radius 3 is 2.73 bits per heavy atom. The van der Waals surface area contributed by atoms with Crippen LogP contribution in [0.25, 0.3) is 0 Å². The van der Waals surface area contributed by atoms with Gasteiger partial charge < -0.3 is 14.2 Å². The SMILES string of the molecule is COc1ccc(/C=N\NC(=O)c2ccc3c(c2)OCO3)cc1. The number of rotatable bonds is 4. The van der Waals surface area contributed by atoms with Gasteiger partial charge in [-0.1, -0.05) is 0 Å². The fourth-order valence-corrected chi connectivity index (χ4v) is 1.96. The number of fused-ring (bicyclic) bond motifs is 1. The van der Waals surface area contributed by atoms with Crippen molar-refractivity contribution < 1.29 is 19.0 Å². The zero-order valence-corrected chi connectivity index (χ0v) is 11.9. The van der Waals surface area contributed by atoms with Crippen LogP contribution in [0.3, 0.4) is 0 Å². The summed E-state index contributed by atoms with van der Waals surface area (Å²) in [7, 11) is 1.61. The Hall–Kier alpha value is -3.02. The fourth-order valence-electron chi connectivity index (χ4n) is 1.96. The lowest BCUT2D eigenvalue weighted by atomic mass is 10.2. The first-order valence-electron chi connectivity index (χ1n) is 6.63. The summed E-state index contributed by atoms with van der Waals surface area (Å²) in [6.07, 6.45) is 1.56. The molecule has 6 heteroatoms. The second-order valence-corrected chi connectivity index (χ2v) is 4.54. The summed E-state index contributed by atoms with van der Waals surface area (Å²) in [5.74, 6) is 1.65. The summed E-state index contributed by atoms with van der Waals surface area (Å²) in [6, 6.07) is 12.3. The molecule has 1 aliphatic heterocycles. The van der Waals surface area contributed by atoms with Crippen molar-refractivity contribution in [2.24, 2.45) is 5.10 Å². The third-order valence-corrected chi connectivity index (χ3v) is 3.13. The van der Waals surface area contributed by atoms with Gasteiger partial charge in [0, 0.05) is 5.56 Å². The minimum atomic E-state index is -0.317. The van der Waals surface area contributed by atoms with Crippen LogP contribution in [0.4, 0.5) is 0 Å². The number of methoxy groups -OCH3 is 1. The Balaban J connectivity index is 1.62. The maximum Gasteiger partial charge on any atom is 0.271 e. The van der Waals surface area contributed by atoms with Gasteiger partial charge in [-0.3, -0.25) is 4.79 Å². The summed E-state index contributed by atoms with van der Waals surface area (Å²) in [5, 5.41) is 3.93. The van der Waals surface area contributed by atoms with Crippen LogP contribution < -0.4 is 19.6 Å². The Morgan fingerprint density at radius 1 is 1.18 bits per heavy atom. The highest BCUT2D eigenvalue weighted by Gasteiger charge is 2.15. The molecule has 0 atom stereocenters. The van der Waals surface area contributed by atoms with Gasteiger partial charge in [0.05, 0.1) is 13.3 Å². The zero-order chi connectivity index (χ0) is 15.4. The molecule has 112 valence electrons. The van der Waals surface area contributed by atoms with E-state index in [1.54, 1.807) is 31.5 Å². The van der Waals surface area contributed by atoms with E-state index in [0.29, 0.717) is 17.1 Å². The van der Waals surface area contributed by atoms with Crippen molar-refractivity contribution in [2.45, 2.75) is 0 Å². The normalized spacial score (nSPS) is 12.4. The summed E-state index contributed by atoms with van der Waals surface area (Å²) in [5.41, 5.74) is 3.78. The smallest absolute Gasteiger partial charge is 0.271 e. The number of hydrogen-bond acceptors (Lipinski definition) is 5. The van der Waals surface area contributed by atoms with Gasteiger partial charge in [0.1, 0.15) is 5.75 Å². The first-order chi connectivity index (χ1) is 10.8. The summed E-state index contributed by atoms with van der Waals surface area (Å²) in [4.78, 5) is 12.0. The minimum absolute atomic E-state index is 0.177. The van der Waals surface area contributed by atoms with Crippen LogP contribution in [0.2, 0.25) is 0 Å². The molecular formula is C16H14N2O4. The van der Waals surface area contributed by atoms with Gasteiger partial charge in [0.25, 0.3) is 5.91 Å². The highest BCUT2D eigenvalue weighted by Crippen LogP contribution is 2.32. The molecule has 0 radical (unpaired) electrons. The van der Waals surface area contributed by atoms with E-state index in [9.17, 15) is 4.79 Å². The Kier molecular flexibility index (Phi) is 3.91. The zero-order valence-electron chi connectivity index (χ0n) is 11.9. The number of ether oxygens (including phenoxy) is 3. The van der Waals surface area contributed by atoms with Gasteiger partial charge >= 0.3 is 0 Å². The van der Waals surface area contributed by atoms with Crippen LogP contribution in [0.5, 0.6) is 17.2 Å². The second kappa shape index (κ2) is 6.17. The first-order valence-corrected chi connectivity index (χ1v) is 6.63. The number of benzene rings is 2. The lowest BCUT2D eigenvalue weighted by Gasteiger charge is -2.02. The first kappa shape index (κ1) is 13.9. The van der Waals surface area contributed by atoms with E-state index in [1.165, 1.54) is 0 Å². The summed E-state index contributed by atoms with van der Waals surface area (Å²) in [6.45, 7) is 0.177.